The highest BCUT2D eigenvalue weighted by Crippen LogP contribution is 2.19. The van der Waals surface area contributed by atoms with E-state index in [1.807, 2.05) is 6.07 Å². The first-order valence-corrected chi connectivity index (χ1v) is 7.13. The maximum atomic E-state index is 13.2. The van der Waals surface area contributed by atoms with Crippen LogP contribution < -0.4 is 5.32 Å². The summed E-state index contributed by atoms with van der Waals surface area (Å²) in [5, 5.41) is 10.2. The number of aromatic nitrogens is 2. The Morgan fingerprint density at radius 2 is 2.19 bits per heavy atom. The van der Waals surface area contributed by atoms with Gasteiger partial charge in [-0.05, 0) is 37.6 Å². The van der Waals surface area contributed by atoms with E-state index in [9.17, 15) is 8.78 Å². The summed E-state index contributed by atoms with van der Waals surface area (Å²) in [6, 6.07) is 6.15. The van der Waals surface area contributed by atoms with Gasteiger partial charge in [-0.2, -0.15) is 5.10 Å². The number of halogens is 2. The number of hydrogen-bond acceptors (Lipinski definition) is 3. The van der Waals surface area contributed by atoms with Crippen LogP contribution in [-0.4, -0.2) is 34.2 Å². The molecule has 4 nitrogen and oxygen atoms in total. The lowest BCUT2D eigenvalue weighted by molar-refractivity contribution is 0.206. The fourth-order valence-corrected chi connectivity index (χ4v) is 2.75. The van der Waals surface area contributed by atoms with Crippen LogP contribution in [-0.2, 0) is 6.54 Å². The number of rotatable bonds is 4. The highest BCUT2D eigenvalue weighted by molar-refractivity contribution is 5.44. The third-order valence-corrected chi connectivity index (χ3v) is 3.75. The topological polar surface area (TPSA) is 44.0 Å². The van der Waals surface area contributed by atoms with E-state index in [2.05, 4.69) is 20.4 Å². The Morgan fingerprint density at radius 3 is 2.95 bits per heavy atom. The van der Waals surface area contributed by atoms with Crippen LogP contribution in [0.1, 0.15) is 18.5 Å². The van der Waals surface area contributed by atoms with Crippen molar-refractivity contribution < 1.29 is 8.78 Å². The van der Waals surface area contributed by atoms with Gasteiger partial charge in [-0.1, -0.05) is 0 Å². The number of piperidine rings is 1. The molecule has 3 rings (SSSR count). The van der Waals surface area contributed by atoms with Gasteiger partial charge in [-0.3, -0.25) is 10.00 Å². The van der Waals surface area contributed by atoms with Crippen molar-refractivity contribution >= 4 is 5.69 Å². The molecule has 1 atom stereocenters. The first-order chi connectivity index (χ1) is 10.2. The van der Waals surface area contributed by atoms with Crippen molar-refractivity contribution in [1.29, 1.82) is 0 Å². The SMILES string of the molecule is Fc1ccc(N[C@H]2CCCN(Cc3ccn[nH]3)C2)cc1F. The van der Waals surface area contributed by atoms with Gasteiger partial charge in [-0.25, -0.2) is 8.78 Å². The maximum Gasteiger partial charge on any atom is 0.160 e. The smallest absolute Gasteiger partial charge is 0.160 e. The molecule has 0 aliphatic carbocycles. The molecule has 1 saturated heterocycles. The molecule has 112 valence electrons. The Kier molecular flexibility index (Phi) is 4.15. The minimum Gasteiger partial charge on any atom is -0.381 e. The van der Waals surface area contributed by atoms with Gasteiger partial charge in [0.1, 0.15) is 0 Å². The Balaban J connectivity index is 1.59. The van der Waals surface area contributed by atoms with Crippen molar-refractivity contribution in [2.24, 2.45) is 0 Å². The fourth-order valence-electron chi connectivity index (χ4n) is 2.75. The van der Waals surface area contributed by atoms with Crippen molar-refractivity contribution in [2.75, 3.05) is 18.4 Å². The minimum absolute atomic E-state index is 0.242. The molecule has 0 saturated carbocycles. The van der Waals surface area contributed by atoms with E-state index in [1.54, 1.807) is 12.3 Å². The van der Waals surface area contributed by atoms with Gasteiger partial charge in [0, 0.05) is 42.8 Å². The molecule has 21 heavy (non-hydrogen) atoms. The second kappa shape index (κ2) is 6.22. The average molecular weight is 292 g/mol. The van der Waals surface area contributed by atoms with Crippen molar-refractivity contribution in [3.05, 3.63) is 47.8 Å². The fraction of sp³-hybridized carbons (Fsp3) is 0.400. The lowest BCUT2D eigenvalue weighted by Gasteiger charge is -2.33. The molecule has 0 bridgehead atoms. The molecule has 1 aliphatic heterocycles. The van der Waals surface area contributed by atoms with Crippen molar-refractivity contribution in [3.63, 3.8) is 0 Å². The van der Waals surface area contributed by atoms with E-state index < -0.39 is 11.6 Å². The van der Waals surface area contributed by atoms with E-state index in [0.29, 0.717) is 5.69 Å². The van der Waals surface area contributed by atoms with E-state index in [1.165, 1.54) is 6.07 Å². The molecule has 0 radical (unpaired) electrons. The van der Waals surface area contributed by atoms with Gasteiger partial charge < -0.3 is 5.32 Å². The number of hydrogen-bond donors (Lipinski definition) is 2. The van der Waals surface area contributed by atoms with Crippen molar-refractivity contribution in [2.45, 2.75) is 25.4 Å². The first-order valence-electron chi connectivity index (χ1n) is 7.13. The standard InChI is InChI=1S/C15H18F2N4/c16-14-4-3-11(8-15(14)17)19-12-2-1-7-21(9-12)10-13-5-6-18-20-13/h3-6,8,12,19H,1-2,7,9-10H2,(H,18,20)/t12-/m0/s1. The van der Waals surface area contributed by atoms with Gasteiger partial charge in [-0.15, -0.1) is 0 Å². The molecule has 1 aromatic carbocycles. The molecular weight excluding hydrogens is 274 g/mol. The number of benzene rings is 1. The summed E-state index contributed by atoms with van der Waals surface area (Å²) in [7, 11) is 0. The molecule has 1 fully saturated rings. The van der Waals surface area contributed by atoms with E-state index in [-0.39, 0.29) is 6.04 Å². The highest BCUT2D eigenvalue weighted by Gasteiger charge is 2.20. The average Bonchev–Trinajstić information content (AvgIpc) is 2.96. The number of nitrogens with zero attached hydrogens (tertiary/aromatic N) is 2. The normalized spacial score (nSPS) is 19.6. The predicted molar refractivity (Wildman–Crippen MR) is 76.9 cm³/mol. The second-order valence-electron chi connectivity index (χ2n) is 5.43. The van der Waals surface area contributed by atoms with Gasteiger partial charge in [0.15, 0.2) is 11.6 Å². The Labute approximate surface area is 122 Å². The van der Waals surface area contributed by atoms with Crippen molar-refractivity contribution in [3.8, 4) is 0 Å². The largest absolute Gasteiger partial charge is 0.381 e. The molecule has 1 aliphatic rings. The summed E-state index contributed by atoms with van der Waals surface area (Å²) < 4.78 is 26.2. The first kappa shape index (κ1) is 14.0. The summed E-state index contributed by atoms with van der Waals surface area (Å²) in [6.07, 6.45) is 3.85. The minimum atomic E-state index is -0.815. The van der Waals surface area contributed by atoms with Crippen molar-refractivity contribution in [1.82, 2.24) is 15.1 Å². The third kappa shape index (κ3) is 3.58. The molecule has 0 unspecified atom stereocenters. The van der Waals surface area contributed by atoms with Crippen LogP contribution in [0.25, 0.3) is 0 Å². The molecule has 0 spiro atoms. The number of anilines is 1. The zero-order valence-corrected chi connectivity index (χ0v) is 11.6. The Bertz CT molecular complexity index is 585. The molecule has 2 aromatic rings. The maximum absolute atomic E-state index is 13.2. The van der Waals surface area contributed by atoms with Gasteiger partial charge in [0.25, 0.3) is 0 Å². The summed E-state index contributed by atoms with van der Waals surface area (Å²) >= 11 is 0. The van der Waals surface area contributed by atoms with Crippen LogP contribution in [0.3, 0.4) is 0 Å². The zero-order chi connectivity index (χ0) is 14.7. The second-order valence-corrected chi connectivity index (χ2v) is 5.43. The predicted octanol–water partition coefficient (Wildman–Crippen LogP) is 2.76. The quantitative estimate of drug-likeness (QED) is 0.910. The van der Waals surface area contributed by atoms with Crippen LogP contribution in [0.2, 0.25) is 0 Å². The molecule has 2 N–H and O–H groups in total. The van der Waals surface area contributed by atoms with Crippen LogP contribution in [0.5, 0.6) is 0 Å². The lowest BCUT2D eigenvalue weighted by Crippen LogP contribution is -2.41. The van der Waals surface area contributed by atoms with Crippen LogP contribution in [0, 0.1) is 11.6 Å². The Morgan fingerprint density at radius 1 is 1.29 bits per heavy atom. The molecular formula is C15H18F2N4. The molecule has 6 heteroatoms. The zero-order valence-electron chi connectivity index (χ0n) is 11.6. The highest BCUT2D eigenvalue weighted by atomic mass is 19.2. The molecule has 1 aromatic heterocycles. The molecule has 0 amide bonds. The van der Waals surface area contributed by atoms with E-state index >= 15 is 0 Å². The van der Waals surface area contributed by atoms with Crippen LogP contribution in [0.15, 0.2) is 30.5 Å². The van der Waals surface area contributed by atoms with Gasteiger partial charge >= 0.3 is 0 Å². The summed E-state index contributed by atoms with van der Waals surface area (Å²) in [5.74, 6) is -1.63. The van der Waals surface area contributed by atoms with Crippen LogP contribution in [0.4, 0.5) is 14.5 Å². The number of H-pyrrole nitrogens is 1. The van der Waals surface area contributed by atoms with Gasteiger partial charge in [0.05, 0.1) is 0 Å². The van der Waals surface area contributed by atoms with E-state index in [4.69, 9.17) is 0 Å². The van der Waals surface area contributed by atoms with E-state index in [0.717, 1.165) is 44.2 Å². The number of nitrogens with one attached hydrogen (secondary N) is 2. The van der Waals surface area contributed by atoms with Gasteiger partial charge in [0.2, 0.25) is 0 Å². The Hall–Kier alpha value is -1.95. The lowest BCUT2D eigenvalue weighted by atomic mass is 10.0. The summed E-state index contributed by atoms with van der Waals surface area (Å²) in [6.45, 7) is 2.74. The summed E-state index contributed by atoms with van der Waals surface area (Å²) in [4.78, 5) is 2.33. The number of aromatic amines is 1. The monoisotopic (exact) mass is 292 g/mol. The third-order valence-electron chi connectivity index (χ3n) is 3.75. The summed E-state index contributed by atoms with van der Waals surface area (Å²) in [5.41, 5.74) is 1.71. The van der Waals surface area contributed by atoms with Crippen LogP contribution >= 0.6 is 0 Å². The molecule has 2 heterocycles. The number of likely N-dealkylation sites (tertiary alicyclic amines) is 1.